The molecule has 1 aromatic rings. The summed E-state index contributed by atoms with van der Waals surface area (Å²) in [7, 11) is -0.0456. The van der Waals surface area contributed by atoms with Crippen LogP contribution in [0.15, 0.2) is 35.2 Å². The van der Waals surface area contributed by atoms with E-state index >= 15 is 0 Å². The van der Waals surface area contributed by atoms with Gasteiger partial charge in [-0.15, -0.1) is 0 Å². The van der Waals surface area contributed by atoms with Crippen molar-refractivity contribution < 1.29 is 27.7 Å². The zero-order valence-corrected chi connectivity index (χ0v) is 12.0. The average Bonchev–Trinajstić information content (AvgIpc) is 2.29. The van der Waals surface area contributed by atoms with E-state index in [-0.39, 0.29) is 18.1 Å². The van der Waals surface area contributed by atoms with E-state index in [2.05, 4.69) is 0 Å². The fourth-order valence-corrected chi connectivity index (χ4v) is 1.75. The quantitative estimate of drug-likeness (QED) is 0.524. The lowest BCUT2D eigenvalue weighted by atomic mass is 10.4. The van der Waals surface area contributed by atoms with Crippen LogP contribution in [0.25, 0.3) is 0 Å². The molecule has 0 spiro atoms. The van der Waals surface area contributed by atoms with E-state index in [1.54, 1.807) is 18.2 Å². The third kappa shape index (κ3) is 8.68. The van der Waals surface area contributed by atoms with Crippen molar-refractivity contribution in [1.82, 2.24) is 0 Å². The number of nitrogens with zero attached hydrogens (tertiary/aromatic N) is 1. The summed E-state index contributed by atoms with van der Waals surface area (Å²) in [6.45, 7) is 1.79. The second-order valence-electron chi connectivity index (χ2n) is 4.62. The normalized spacial score (nSPS) is 11.6. The van der Waals surface area contributed by atoms with Gasteiger partial charge in [0.1, 0.15) is 13.1 Å². The van der Waals surface area contributed by atoms with Crippen molar-refractivity contribution in [1.29, 1.82) is 0 Å². The van der Waals surface area contributed by atoms with Crippen molar-refractivity contribution in [3.05, 3.63) is 30.3 Å². The first-order chi connectivity index (χ1) is 8.73. The molecule has 0 fully saturated rings. The van der Waals surface area contributed by atoms with Crippen LogP contribution in [0.4, 0.5) is 0 Å². The molecule has 1 rings (SSSR count). The SMILES string of the molecule is C[N+](C)(CCO)CCO.O=S(=O)(O)c1ccccc1. The van der Waals surface area contributed by atoms with Gasteiger partial charge in [0, 0.05) is 0 Å². The predicted molar refractivity (Wildman–Crippen MR) is 72.3 cm³/mol. The van der Waals surface area contributed by atoms with Crippen molar-refractivity contribution in [3.8, 4) is 0 Å². The Bertz CT molecular complexity index is 436. The van der Waals surface area contributed by atoms with Crippen LogP contribution in [0.5, 0.6) is 0 Å². The summed E-state index contributed by atoms with van der Waals surface area (Å²) in [4.78, 5) is -0.0741. The molecule has 0 radical (unpaired) electrons. The maximum Gasteiger partial charge on any atom is 0.294 e. The van der Waals surface area contributed by atoms with Crippen LogP contribution in [-0.4, -0.2) is 68.1 Å². The standard InChI is InChI=1S/C6H16NO2.C6H6O3S/c1-7(2,3-5-8)4-6-9;7-10(8,9)6-4-2-1-3-5-6/h8-9H,3-6H2,1-2H3;1-5H,(H,7,8,9)/q+1;. The van der Waals surface area contributed by atoms with Crippen LogP contribution >= 0.6 is 0 Å². The van der Waals surface area contributed by atoms with Crippen LogP contribution in [0.3, 0.4) is 0 Å². The number of rotatable bonds is 5. The topological polar surface area (TPSA) is 94.8 Å². The van der Waals surface area contributed by atoms with E-state index < -0.39 is 10.1 Å². The molecule has 6 nitrogen and oxygen atoms in total. The Morgan fingerprint density at radius 2 is 1.42 bits per heavy atom. The lowest BCUT2D eigenvalue weighted by Crippen LogP contribution is -2.43. The molecule has 0 amide bonds. The Labute approximate surface area is 114 Å². The van der Waals surface area contributed by atoms with Gasteiger partial charge in [-0.25, -0.2) is 0 Å². The van der Waals surface area contributed by atoms with Crippen LogP contribution in [0.1, 0.15) is 0 Å². The van der Waals surface area contributed by atoms with Gasteiger partial charge >= 0.3 is 0 Å². The molecule has 0 aliphatic carbocycles. The van der Waals surface area contributed by atoms with Gasteiger partial charge < -0.3 is 14.7 Å². The van der Waals surface area contributed by atoms with E-state index in [0.29, 0.717) is 17.6 Å². The molecule has 19 heavy (non-hydrogen) atoms. The first-order valence-electron chi connectivity index (χ1n) is 5.79. The number of aliphatic hydroxyl groups excluding tert-OH is 2. The minimum atomic E-state index is -4.00. The first-order valence-corrected chi connectivity index (χ1v) is 7.23. The van der Waals surface area contributed by atoms with Crippen LogP contribution in [0, 0.1) is 0 Å². The molecule has 0 saturated heterocycles. The molecule has 0 unspecified atom stereocenters. The molecule has 3 N–H and O–H groups in total. The highest BCUT2D eigenvalue weighted by atomic mass is 32.2. The molecular weight excluding hydrogens is 270 g/mol. The summed E-state index contributed by atoms with van der Waals surface area (Å²) in [5, 5.41) is 17.1. The predicted octanol–water partition coefficient (Wildman–Crippen LogP) is -0.0193. The highest BCUT2D eigenvalue weighted by Gasteiger charge is 2.11. The molecule has 0 aromatic heterocycles. The number of likely N-dealkylation sites (N-methyl/N-ethyl adjacent to an activating group) is 1. The monoisotopic (exact) mass is 292 g/mol. The molecule has 0 heterocycles. The third-order valence-corrected chi connectivity index (χ3v) is 3.32. The minimum absolute atomic E-state index is 0.0741. The van der Waals surface area contributed by atoms with Crippen LogP contribution in [0.2, 0.25) is 0 Å². The fourth-order valence-electron chi connectivity index (χ4n) is 1.25. The molecule has 0 saturated carbocycles. The molecule has 0 bridgehead atoms. The highest BCUT2D eigenvalue weighted by Crippen LogP contribution is 2.05. The zero-order valence-electron chi connectivity index (χ0n) is 11.2. The number of hydrogen-bond acceptors (Lipinski definition) is 4. The molecule has 0 aliphatic heterocycles. The van der Waals surface area contributed by atoms with Crippen LogP contribution < -0.4 is 0 Å². The van der Waals surface area contributed by atoms with Crippen molar-refractivity contribution in [3.63, 3.8) is 0 Å². The number of benzene rings is 1. The summed E-state index contributed by atoms with van der Waals surface area (Å²) in [5.74, 6) is 0. The van der Waals surface area contributed by atoms with Crippen LogP contribution in [-0.2, 0) is 10.1 Å². The van der Waals surface area contributed by atoms with Gasteiger partial charge in [0.05, 0.1) is 32.2 Å². The van der Waals surface area contributed by atoms with Gasteiger partial charge in [-0.2, -0.15) is 8.42 Å². The Hall–Kier alpha value is -0.990. The summed E-state index contributed by atoms with van der Waals surface area (Å²) < 4.78 is 29.9. The smallest absolute Gasteiger partial charge is 0.294 e. The summed E-state index contributed by atoms with van der Waals surface area (Å²) in [5.41, 5.74) is 0. The van der Waals surface area contributed by atoms with Gasteiger partial charge in [-0.05, 0) is 12.1 Å². The van der Waals surface area contributed by atoms with Crippen molar-refractivity contribution >= 4 is 10.1 Å². The van der Waals surface area contributed by atoms with E-state index in [4.69, 9.17) is 14.8 Å². The largest absolute Gasteiger partial charge is 0.391 e. The summed E-state index contributed by atoms with van der Waals surface area (Å²) in [6, 6.07) is 7.42. The number of hydrogen-bond donors (Lipinski definition) is 3. The third-order valence-electron chi connectivity index (χ3n) is 2.45. The van der Waals surface area contributed by atoms with E-state index in [9.17, 15) is 8.42 Å². The lowest BCUT2D eigenvalue weighted by Gasteiger charge is -2.27. The first kappa shape index (κ1) is 18.0. The summed E-state index contributed by atoms with van der Waals surface area (Å²) in [6.07, 6.45) is 0. The Morgan fingerprint density at radius 1 is 1.00 bits per heavy atom. The molecule has 110 valence electrons. The summed E-state index contributed by atoms with van der Waals surface area (Å²) >= 11 is 0. The van der Waals surface area contributed by atoms with E-state index in [0.717, 1.165) is 0 Å². The van der Waals surface area contributed by atoms with Crippen molar-refractivity contribution in [2.24, 2.45) is 0 Å². The molecule has 1 aromatic carbocycles. The highest BCUT2D eigenvalue weighted by molar-refractivity contribution is 7.85. The van der Waals surface area contributed by atoms with E-state index in [1.165, 1.54) is 12.1 Å². The second kappa shape index (κ2) is 8.23. The Kier molecular flexibility index (Phi) is 7.81. The maximum atomic E-state index is 10.4. The zero-order chi connectivity index (χ0) is 14.9. The fraction of sp³-hybridized carbons (Fsp3) is 0.500. The van der Waals surface area contributed by atoms with Crippen molar-refractivity contribution in [2.45, 2.75) is 4.90 Å². The molecule has 0 atom stereocenters. The molecule has 7 heteroatoms. The Morgan fingerprint density at radius 3 is 1.68 bits per heavy atom. The van der Waals surface area contributed by atoms with Crippen molar-refractivity contribution in [2.75, 3.05) is 40.4 Å². The average molecular weight is 292 g/mol. The number of aliphatic hydroxyl groups is 2. The number of quaternary nitrogens is 1. The van der Waals surface area contributed by atoms with Gasteiger partial charge in [0.15, 0.2) is 0 Å². The second-order valence-corrected chi connectivity index (χ2v) is 6.04. The Balaban J connectivity index is 0.000000344. The minimum Gasteiger partial charge on any atom is -0.391 e. The van der Waals surface area contributed by atoms with E-state index in [1.807, 2.05) is 14.1 Å². The van der Waals surface area contributed by atoms with Gasteiger partial charge in [0.25, 0.3) is 10.1 Å². The molecular formula is C12H22NO5S+. The van der Waals surface area contributed by atoms with Gasteiger partial charge in [0.2, 0.25) is 0 Å². The molecule has 0 aliphatic rings. The lowest BCUT2D eigenvalue weighted by molar-refractivity contribution is -0.890. The maximum absolute atomic E-state index is 10.4. The van der Waals surface area contributed by atoms with Gasteiger partial charge in [-0.3, -0.25) is 4.55 Å². The van der Waals surface area contributed by atoms with Gasteiger partial charge in [-0.1, -0.05) is 18.2 Å².